The highest BCUT2D eigenvalue weighted by atomic mass is 16.5. The average Bonchev–Trinajstić information content (AvgIpc) is 2.09. The van der Waals surface area contributed by atoms with Crippen LogP contribution in [0.3, 0.4) is 0 Å². The Morgan fingerprint density at radius 1 is 1.50 bits per heavy atom. The zero-order valence-corrected chi connectivity index (χ0v) is 7.34. The standard InChI is InChI=1S/C9H14O3/c1-3-4-5-9(10)8-12-7-6-11-2/h1H,4-8H2,2H3. The Morgan fingerprint density at radius 2 is 2.25 bits per heavy atom. The molecule has 0 saturated carbocycles. The Bertz CT molecular complexity index is 158. The van der Waals surface area contributed by atoms with Gasteiger partial charge in [0.2, 0.25) is 0 Å². The molecule has 0 aromatic carbocycles. The minimum Gasteiger partial charge on any atom is -0.382 e. The van der Waals surface area contributed by atoms with Crippen molar-refractivity contribution in [3.8, 4) is 12.3 Å². The summed E-state index contributed by atoms with van der Waals surface area (Å²) in [6.07, 6.45) is 5.89. The second kappa shape index (κ2) is 8.25. The highest BCUT2D eigenvalue weighted by Gasteiger charge is 1.99. The first-order chi connectivity index (χ1) is 5.81. The molecule has 0 aromatic heterocycles. The summed E-state index contributed by atoms with van der Waals surface area (Å²) in [6, 6.07) is 0. The normalized spacial score (nSPS) is 9.33. The third-order valence-electron chi connectivity index (χ3n) is 1.24. The van der Waals surface area contributed by atoms with Crippen LogP contribution >= 0.6 is 0 Å². The third kappa shape index (κ3) is 7.26. The third-order valence-corrected chi connectivity index (χ3v) is 1.24. The minimum absolute atomic E-state index is 0.0454. The number of ether oxygens (including phenoxy) is 2. The van der Waals surface area contributed by atoms with Crippen LogP contribution in [-0.4, -0.2) is 32.7 Å². The van der Waals surface area contributed by atoms with Crippen LogP contribution in [0.5, 0.6) is 0 Å². The molecule has 0 amide bonds. The maximum atomic E-state index is 10.9. The molecular formula is C9H14O3. The number of hydrogen-bond donors (Lipinski definition) is 0. The number of Topliss-reactive ketones (excluding diaryl/α,β-unsaturated/α-hetero) is 1. The van der Waals surface area contributed by atoms with E-state index in [1.54, 1.807) is 7.11 Å². The molecule has 0 fully saturated rings. The maximum Gasteiger partial charge on any atom is 0.159 e. The topological polar surface area (TPSA) is 35.5 Å². The summed E-state index contributed by atoms with van der Waals surface area (Å²) in [5.41, 5.74) is 0. The van der Waals surface area contributed by atoms with Crippen LogP contribution in [-0.2, 0) is 14.3 Å². The first kappa shape index (κ1) is 11.2. The van der Waals surface area contributed by atoms with Crippen molar-refractivity contribution in [2.24, 2.45) is 0 Å². The highest BCUT2D eigenvalue weighted by Crippen LogP contribution is 1.89. The van der Waals surface area contributed by atoms with Crippen LogP contribution in [0.25, 0.3) is 0 Å². The summed E-state index contributed by atoms with van der Waals surface area (Å²) in [5, 5.41) is 0. The van der Waals surface area contributed by atoms with Gasteiger partial charge >= 0.3 is 0 Å². The molecule has 0 heterocycles. The highest BCUT2D eigenvalue weighted by molar-refractivity contribution is 5.79. The molecule has 3 nitrogen and oxygen atoms in total. The van der Waals surface area contributed by atoms with E-state index < -0.39 is 0 Å². The van der Waals surface area contributed by atoms with Gasteiger partial charge in [-0.05, 0) is 0 Å². The molecule has 0 aromatic rings. The van der Waals surface area contributed by atoms with Gasteiger partial charge in [0.1, 0.15) is 6.61 Å². The van der Waals surface area contributed by atoms with Crippen LogP contribution in [0.4, 0.5) is 0 Å². The summed E-state index contributed by atoms with van der Waals surface area (Å²) in [4.78, 5) is 10.9. The van der Waals surface area contributed by atoms with Crippen molar-refractivity contribution in [3.63, 3.8) is 0 Å². The zero-order chi connectivity index (χ0) is 9.23. The van der Waals surface area contributed by atoms with E-state index in [2.05, 4.69) is 5.92 Å². The molecule has 0 N–H and O–H groups in total. The van der Waals surface area contributed by atoms with E-state index in [4.69, 9.17) is 15.9 Å². The number of methoxy groups -OCH3 is 1. The smallest absolute Gasteiger partial charge is 0.159 e. The van der Waals surface area contributed by atoms with Crippen molar-refractivity contribution < 1.29 is 14.3 Å². The lowest BCUT2D eigenvalue weighted by Gasteiger charge is -2.00. The minimum atomic E-state index is 0.0454. The van der Waals surface area contributed by atoms with Gasteiger partial charge in [-0.3, -0.25) is 4.79 Å². The number of carbonyl (C=O) groups excluding carboxylic acids is 1. The Morgan fingerprint density at radius 3 is 2.83 bits per heavy atom. The first-order valence-electron chi connectivity index (χ1n) is 3.83. The van der Waals surface area contributed by atoms with Crippen LogP contribution in [0.2, 0.25) is 0 Å². The van der Waals surface area contributed by atoms with E-state index in [1.807, 2.05) is 0 Å². The molecule has 0 saturated heterocycles. The van der Waals surface area contributed by atoms with Crippen LogP contribution < -0.4 is 0 Å². The van der Waals surface area contributed by atoms with Crippen LogP contribution in [0.15, 0.2) is 0 Å². The van der Waals surface area contributed by atoms with Crippen molar-refractivity contribution >= 4 is 5.78 Å². The molecule has 0 aliphatic heterocycles. The summed E-state index contributed by atoms with van der Waals surface area (Å²) < 4.78 is 9.73. The fourth-order valence-corrected chi connectivity index (χ4v) is 0.612. The second-order valence-electron chi connectivity index (χ2n) is 2.29. The van der Waals surface area contributed by atoms with Gasteiger partial charge in [-0.15, -0.1) is 12.3 Å². The van der Waals surface area contributed by atoms with Gasteiger partial charge in [0.25, 0.3) is 0 Å². The number of ketones is 1. The summed E-state index contributed by atoms with van der Waals surface area (Å²) in [7, 11) is 1.59. The van der Waals surface area contributed by atoms with Crippen molar-refractivity contribution in [2.45, 2.75) is 12.8 Å². The summed E-state index contributed by atoms with van der Waals surface area (Å²) in [6.45, 7) is 1.12. The Hall–Kier alpha value is -0.850. The molecule has 0 atom stereocenters. The predicted molar refractivity (Wildman–Crippen MR) is 45.8 cm³/mol. The molecular weight excluding hydrogens is 156 g/mol. The lowest BCUT2D eigenvalue weighted by molar-refractivity contribution is -0.123. The maximum absolute atomic E-state index is 10.9. The zero-order valence-electron chi connectivity index (χ0n) is 7.34. The average molecular weight is 170 g/mol. The number of rotatable bonds is 7. The van der Waals surface area contributed by atoms with E-state index in [1.165, 1.54) is 0 Å². The molecule has 0 rings (SSSR count). The second-order valence-corrected chi connectivity index (χ2v) is 2.29. The van der Waals surface area contributed by atoms with E-state index in [9.17, 15) is 4.79 Å². The molecule has 0 unspecified atom stereocenters. The quantitative estimate of drug-likeness (QED) is 0.415. The van der Waals surface area contributed by atoms with Crippen LogP contribution in [0, 0.1) is 12.3 Å². The molecule has 3 heteroatoms. The fourth-order valence-electron chi connectivity index (χ4n) is 0.612. The van der Waals surface area contributed by atoms with Crippen LogP contribution in [0.1, 0.15) is 12.8 Å². The SMILES string of the molecule is C#CCCC(=O)COCCOC. The van der Waals surface area contributed by atoms with Gasteiger partial charge in [0, 0.05) is 20.0 Å². The van der Waals surface area contributed by atoms with E-state index in [0.29, 0.717) is 26.1 Å². The Kier molecular flexibility index (Phi) is 7.66. The van der Waals surface area contributed by atoms with Gasteiger partial charge in [0.15, 0.2) is 5.78 Å². The van der Waals surface area contributed by atoms with Gasteiger partial charge in [-0.25, -0.2) is 0 Å². The first-order valence-corrected chi connectivity index (χ1v) is 3.83. The van der Waals surface area contributed by atoms with E-state index in [-0.39, 0.29) is 12.4 Å². The van der Waals surface area contributed by atoms with Crippen molar-refractivity contribution in [1.82, 2.24) is 0 Å². The summed E-state index contributed by atoms with van der Waals surface area (Å²) >= 11 is 0. The Labute approximate surface area is 73.0 Å². The van der Waals surface area contributed by atoms with E-state index in [0.717, 1.165) is 0 Å². The molecule has 0 bridgehead atoms. The molecule has 68 valence electrons. The fraction of sp³-hybridized carbons (Fsp3) is 0.667. The molecule has 0 radical (unpaired) electrons. The predicted octanol–water partition coefficient (Wildman–Crippen LogP) is 0.632. The lowest BCUT2D eigenvalue weighted by atomic mass is 10.2. The number of carbonyl (C=O) groups is 1. The summed E-state index contributed by atoms with van der Waals surface area (Å²) in [5.74, 6) is 2.44. The van der Waals surface area contributed by atoms with Gasteiger partial charge in [-0.1, -0.05) is 0 Å². The van der Waals surface area contributed by atoms with Gasteiger partial charge < -0.3 is 9.47 Å². The Balaban J connectivity index is 3.15. The van der Waals surface area contributed by atoms with Crippen molar-refractivity contribution in [3.05, 3.63) is 0 Å². The number of hydrogen-bond acceptors (Lipinski definition) is 3. The molecule has 0 spiro atoms. The number of terminal acetylenes is 1. The molecule has 12 heavy (non-hydrogen) atoms. The van der Waals surface area contributed by atoms with E-state index >= 15 is 0 Å². The largest absolute Gasteiger partial charge is 0.382 e. The lowest BCUT2D eigenvalue weighted by Crippen LogP contribution is -2.11. The van der Waals surface area contributed by atoms with Gasteiger partial charge in [-0.2, -0.15) is 0 Å². The molecule has 0 aliphatic rings. The van der Waals surface area contributed by atoms with Crippen molar-refractivity contribution in [1.29, 1.82) is 0 Å². The molecule has 0 aliphatic carbocycles. The monoisotopic (exact) mass is 170 g/mol. The van der Waals surface area contributed by atoms with Gasteiger partial charge in [0.05, 0.1) is 13.2 Å². The van der Waals surface area contributed by atoms with Crippen molar-refractivity contribution in [2.75, 3.05) is 26.9 Å².